The lowest BCUT2D eigenvalue weighted by Gasteiger charge is -2.13. The maximum Gasteiger partial charge on any atom is 0.0716 e. The van der Waals surface area contributed by atoms with E-state index < -0.39 is 0 Å². The molecular formula is C14H18O. The second-order valence-electron chi connectivity index (χ2n) is 4.44. The van der Waals surface area contributed by atoms with E-state index in [1.54, 1.807) is 7.11 Å². The minimum atomic E-state index is 0.583. The van der Waals surface area contributed by atoms with Crippen molar-refractivity contribution in [2.45, 2.75) is 32.8 Å². The third-order valence-electron chi connectivity index (χ3n) is 2.99. The second kappa shape index (κ2) is 4.19. The molecule has 0 saturated heterocycles. The highest BCUT2D eigenvalue weighted by Crippen LogP contribution is 2.28. The van der Waals surface area contributed by atoms with E-state index in [0.29, 0.717) is 5.92 Å². The number of allylic oxidation sites excluding steroid dienone is 1. The predicted molar refractivity (Wildman–Crippen MR) is 64.0 cm³/mol. The first-order valence-electron chi connectivity index (χ1n) is 5.53. The van der Waals surface area contributed by atoms with Crippen molar-refractivity contribution in [2.24, 2.45) is 0 Å². The predicted octanol–water partition coefficient (Wildman–Crippen LogP) is 3.53. The standard InChI is InChI=1S/C14H18O/c1-10(2)12-7-11-5-4-6-14(11)13(8-12)9-15-3/h4-5,7-8,10H,6,9H2,1-3H3. The monoisotopic (exact) mass is 202 g/mol. The molecule has 15 heavy (non-hydrogen) atoms. The van der Waals surface area contributed by atoms with Crippen molar-refractivity contribution in [3.8, 4) is 0 Å². The normalized spacial score (nSPS) is 13.6. The largest absolute Gasteiger partial charge is 0.380 e. The summed E-state index contributed by atoms with van der Waals surface area (Å²) in [7, 11) is 1.76. The van der Waals surface area contributed by atoms with Crippen LogP contribution in [-0.4, -0.2) is 7.11 Å². The number of rotatable bonds is 3. The Bertz CT molecular complexity index is 389. The molecule has 0 spiro atoms. The topological polar surface area (TPSA) is 9.23 Å². The average Bonchev–Trinajstić information content (AvgIpc) is 2.65. The van der Waals surface area contributed by atoms with Crippen molar-refractivity contribution in [3.05, 3.63) is 40.5 Å². The molecule has 0 fully saturated rings. The van der Waals surface area contributed by atoms with E-state index in [1.807, 2.05) is 0 Å². The molecule has 1 aliphatic carbocycles. The zero-order chi connectivity index (χ0) is 10.8. The Morgan fingerprint density at radius 2 is 2.13 bits per heavy atom. The molecule has 1 aromatic carbocycles. The Balaban J connectivity index is 2.46. The van der Waals surface area contributed by atoms with E-state index >= 15 is 0 Å². The van der Waals surface area contributed by atoms with Crippen molar-refractivity contribution < 1.29 is 4.74 Å². The van der Waals surface area contributed by atoms with Gasteiger partial charge in [0.2, 0.25) is 0 Å². The smallest absolute Gasteiger partial charge is 0.0716 e. The number of fused-ring (bicyclic) bond motifs is 1. The van der Waals surface area contributed by atoms with E-state index in [-0.39, 0.29) is 0 Å². The van der Waals surface area contributed by atoms with E-state index in [9.17, 15) is 0 Å². The van der Waals surface area contributed by atoms with Gasteiger partial charge in [-0.25, -0.2) is 0 Å². The van der Waals surface area contributed by atoms with Gasteiger partial charge in [0.15, 0.2) is 0 Å². The molecule has 0 unspecified atom stereocenters. The molecule has 1 heteroatoms. The van der Waals surface area contributed by atoms with Crippen LogP contribution in [0, 0.1) is 0 Å². The van der Waals surface area contributed by atoms with Crippen LogP contribution < -0.4 is 0 Å². The molecule has 0 atom stereocenters. The van der Waals surface area contributed by atoms with Crippen LogP contribution in [0.1, 0.15) is 42.0 Å². The van der Waals surface area contributed by atoms with Crippen molar-refractivity contribution in [2.75, 3.05) is 7.11 Å². The van der Waals surface area contributed by atoms with E-state index in [2.05, 4.69) is 38.1 Å². The molecule has 0 heterocycles. The molecule has 0 N–H and O–H groups in total. The maximum atomic E-state index is 5.26. The Hall–Kier alpha value is -1.08. The number of methoxy groups -OCH3 is 1. The van der Waals surface area contributed by atoms with E-state index in [0.717, 1.165) is 13.0 Å². The lowest BCUT2D eigenvalue weighted by Crippen LogP contribution is -1.99. The second-order valence-corrected chi connectivity index (χ2v) is 4.44. The lowest BCUT2D eigenvalue weighted by atomic mass is 9.94. The van der Waals surface area contributed by atoms with Crippen LogP contribution in [0.2, 0.25) is 0 Å². The molecule has 0 radical (unpaired) electrons. The molecule has 2 rings (SSSR count). The van der Waals surface area contributed by atoms with Gasteiger partial charge in [-0.3, -0.25) is 0 Å². The van der Waals surface area contributed by atoms with Gasteiger partial charge in [-0.05, 0) is 34.6 Å². The summed E-state index contributed by atoms with van der Waals surface area (Å²) < 4.78 is 5.26. The van der Waals surface area contributed by atoms with Gasteiger partial charge >= 0.3 is 0 Å². The Labute approximate surface area is 91.8 Å². The summed E-state index contributed by atoms with van der Waals surface area (Å²) in [5, 5.41) is 0. The van der Waals surface area contributed by atoms with Crippen LogP contribution in [0.4, 0.5) is 0 Å². The zero-order valence-electron chi connectivity index (χ0n) is 9.71. The number of hydrogen-bond acceptors (Lipinski definition) is 1. The average molecular weight is 202 g/mol. The summed E-state index contributed by atoms with van der Waals surface area (Å²) in [6.45, 7) is 5.19. The van der Waals surface area contributed by atoms with E-state index in [4.69, 9.17) is 4.74 Å². The third-order valence-corrected chi connectivity index (χ3v) is 2.99. The highest BCUT2D eigenvalue weighted by Gasteiger charge is 2.13. The molecule has 0 aliphatic heterocycles. The van der Waals surface area contributed by atoms with Crippen molar-refractivity contribution in [1.29, 1.82) is 0 Å². The summed E-state index contributed by atoms with van der Waals surface area (Å²) in [4.78, 5) is 0. The van der Waals surface area contributed by atoms with Gasteiger partial charge < -0.3 is 4.74 Å². The first kappa shape index (κ1) is 10.4. The molecule has 0 aromatic heterocycles. The molecule has 0 saturated carbocycles. The Kier molecular flexibility index (Phi) is 2.92. The van der Waals surface area contributed by atoms with Crippen LogP contribution in [0.15, 0.2) is 18.2 Å². The van der Waals surface area contributed by atoms with Crippen LogP contribution in [0.5, 0.6) is 0 Å². The van der Waals surface area contributed by atoms with Crippen molar-refractivity contribution >= 4 is 6.08 Å². The first-order chi connectivity index (χ1) is 7.22. The highest BCUT2D eigenvalue weighted by molar-refractivity contribution is 5.63. The third kappa shape index (κ3) is 1.98. The maximum absolute atomic E-state index is 5.26. The van der Waals surface area contributed by atoms with Gasteiger partial charge in [0.05, 0.1) is 6.61 Å². The Morgan fingerprint density at radius 3 is 2.80 bits per heavy atom. The molecule has 1 nitrogen and oxygen atoms in total. The minimum absolute atomic E-state index is 0.583. The summed E-state index contributed by atoms with van der Waals surface area (Å²) in [5.74, 6) is 0.583. The first-order valence-corrected chi connectivity index (χ1v) is 5.53. The van der Waals surface area contributed by atoms with E-state index in [1.165, 1.54) is 22.3 Å². The van der Waals surface area contributed by atoms with Crippen LogP contribution >= 0.6 is 0 Å². The number of hydrogen-bond donors (Lipinski definition) is 0. The summed E-state index contributed by atoms with van der Waals surface area (Å²) >= 11 is 0. The molecule has 1 aromatic rings. The van der Waals surface area contributed by atoms with Crippen molar-refractivity contribution in [1.82, 2.24) is 0 Å². The molecular weight excluding hydrogens is 184 g/mol. The quantitative estimate of drug-likeness (QED) is 0.728. The van der Waals surface area contributed by atoms with Crippen LogP contribution in [0.25, 0.3) is 6.08 Å². The Morgan fingerprint density at radius 1 is 1.33 bits per heavy atom. The van der Waals surface area contributed by atoms with Gasteiger partial charge in [0.25, 0.3) is 0 Å². The number of benzene rings is 1. The van der Waals surface area contributed by atoms with Gasteiger partial charge in [-0.1, -0.05) is 38.1 Å². The molecule has 0 amide bonds. The lowest BCUT2D eigenvalue weighted by molar-refractivity contribution is 0.184. The summed E-state index contributed by atoms with van der Waals surface area (Å²) in [6.07, 6.45) is 5.51. The van der Waals surface area contributed by atoms with Gasteiger partial charge in [0.1, 0.15) is 0 Å². The van der Waals surface area contributed by atoms with Crippen molar-refractivity contribution in [3.63, 3.8) is 0 Å². The minimum Gasteiger partial charge on any atom is -0.380 e. The van der Waals surface area contributed by atoms with Gasteiger partial charge in [0, 0.05) is 7.11 Å². The molecule has 1 aliphatic rings. The summed E-state index contributed by atoms with van der Waals surface area (Å²) in [5.41, 5.74) is 5.59. The fourth-order valence-electron chi connectivity index (χ4n) is 2.10. The van der Waals surface area contributed by atoms with Crippen LogP contribution in [0.3, 0.4) is 0 Å². The SMILES string of the molecule is COCc1cc(C(C)C)cc2c1CC=C2. The number of ether oxygens (including phenoxy) is 1. The highest BCUT2D eigenvalue weighted by atomic mass is 16.5. The molecule has 80 valence electrons. The van der Waals surface area contributed by atoms with Gasteiger partial charge in [-0.2, -0.15) is 0 Å². The van der Waals surface area contributed by atoms with Gasteiger partial charge in [-0.15, -0.1) is 0 Å². The fourth-order valence-corrected chi connectivity index (χ4v) is 2.10. The fraction of sp³-hybridized carbons (Fsp3) is 0.429. The van der Waals surface area contributed by atoms with Crippen LogP contribution in [-0.2, 0) is 17.8 Å². The molecule has 0 bridgehead atoms. The summed E-state index contributed by atoms with van der Waals surface area (Å²) in [6, 6.07) is 4.60. The zero-order valence-corrected chi connectivity index (χ0v) is 9.71.